The standard InChI is InChI=1S/C13H14N2/c1-2-3-12-4-6-13(7-5-12)10-15-9-8-14-11-15/h2,4-9,11H,1,3,10H2. The van der Waals surface area contributed by atoms with E-state index in [0.717, 1.165) is 13.0 Å². The van der Waals surface area contributed by atoms with E-state index in [1.807, 2.05) is 18.6 Å². The molecule has 0 N–H and O–H groups in total. The van der Waals surface area contributed by atoms with Gasteiger partial charge in [0.1, 0.15) is 0 Å². The highest BCUT2D eigenvalue weighted by molar-refractivity contribution is 5.24. The van der Waals surface area contributed by atoms with Crippen molar-refractivity contribution in [3.05, 3.63) is 66.8 Å². The second-order valence-electron chi connectivity index (χ2n) is 3.54. The molecule has 2 rings (SSSR count). The minimum atomic E-state index is 0.883. The molecule has 76 valence electrons. The lowest BCUT2D eigenvalue weighted by molar-refractivity contribution is 0.797. The number of benzene rings is 1. The minimum absolute atomic E-state index is 0.883. The molecule has 0 unspecified atom stereocenters. The molecule has 2 nitrogen and oxygen atoms in total. The highest BCUT2D eigenvalue weighted by Crippen LogP contribution is 2.07. The second-order valence-corrected chi connectivity index (χ2v) is 3.54. The molecule has 0 amide bonds. The van der Waals surface area contributed by atoms with Gasteiger partial charge in [-0.2, -0.15) is 0 Å². The van der Waals surface area contributed by atoms with Gasteiger partial charge >= 0.3 is 0 Å². The Morgan fingerprint density at radius 1 is 1.20 bits per heavy atom. The highest BCUT2D eigenvalue weighted by Gasteiger charge is 1.94. The third-order valence-corrected chi connectivity index (χ3v) is 2.33. The van der Waals surface area contributed by atoms with Crippen molar-refractivity contribution >= 4 is 0 Å². The minimum Gasteiger partial charge on any atom is -0.333 e. The van der Waals surface area contributed by atoms with E-state index in [1.54, 1.807) is 6.20 Å². The van der Waals surface area contributed by atoms with Crippen molar-refractivity contribution in [1.82, 2.24) is 9.55 Å². The predicted octanol–water partition coefficient (Wildman–Crippen LogP) is 2.66. The summed E-state index contributed by atoms with van der Waals surface area (Å²) in [6.45, 7) is 4.61. The summed E-state index contributed by atoms with van der Waals surface area (Å²) in [7, 11) is 0. The smallest absolute Gasteiger partial charge is 0.0949 e. The molecule has 0 aliphatic carbocycles. The number of rotatable bonds is 4. The van der Waals surface area contributed by atoms with Crippen LogP contribution in [0.5, 0.6) is 0 Å². The summed E-state index contributed by atoms with van der Waals surface area (Å²) < 4.78 is 2.06. The molecule has 1 aromatic carbocycles. The Bertz CT molecular complexity index is 412. The zero-order valence-corrected chi connectivity index (χ0v) is 8.63. The maximum Gasteiger partial charge on any atom is 0.0949 e. The third-order valence-electron chi connectivity index (χ3n) is 2.33. The number of hydrogen-bond donors (Lipinski definition) is 0. The summed E-state index contributed by atoms with van der Waals surface area (Å²) in [5.41, 5.74) is 2.60. The molecule has 0 spiro atoms. The Hall–Kier alpha value is -1.83. The zero-order chi connectivity index (χ0) is 10.5. The maximum atomic E-state index is 4.02. The average molecular weight is 198 g/mol. The quantitative estimate of drug-likeness (QED) is 0.691. The molecule has 0 aliphatic heterocycles. The monoisotopic (exact) mass is 198 g/mol. The molecule has 1 aromatic heterocycles. The van der Waals surface area contributed by atoms with Gasteiger partial charge in [0.2, 0.25) is 0 Å². The lowest BCUT2D eigenvalue weighted by Gasteiger charge is -2.03. The van der Waals surface area contributed by atoms with E-state index in [4.69, 9.17) is 0 Å². The van der Waals surface area contributed by atoms with Crippen molar-refractivity contribution in [2.24, 2.45) is 0 Å². The van der Waals surface area contributed by atoms with E-state index in [2.05, 4.69) is 40.4 Å². The zero-order valence-electron chi connectivity index (χ0n) is 8.63. The van der Waals surface area contributed by atoms with Gasteiger partial charge in [-0.05, 0) is 17.5 Å². The number of hydrogen-bond acceptors (Lipinski definition) is 1. The molecule has 15 heavy (non-hydrogen) atoms. The fourth-order valence-corrected chi connectivity index (χ4v) is 1.54. The van der Waals surface area contributed by atoms with Crippen LogP contribution in [0.2, 0.25) is 0 Å². The van der Waals surface area contributed by atoms with E-state index >= 15 is 0 Å². The molecule has 0 atom stereocenters. The van der Waals surface area contributed by atoms with Crippen LogP contribution in [0.25, 0.3) is 0 Å². The first-order valence-electron chi connectivity index (χ1n) is 5.03. The van der Waals surface area contributed by atoms with Gasteiger partial charge < -0.3 is 4.57 Å². The van der Waals surface area contributed by atoms with Gasteiger partial charge in [-0.1, -0.05) is 30.3 Å². The maximum absolute atomic E-state index is 4.02. The van der Waals surface area contributed by atoms with Crippen LogP contribution in [0.3, 0.4) is 0 Å². The molecule has 1 heterocycles. The number of nitrogens with zero attached hydrogens (tertiary/aromatic N) is 2. The molecular formula is C13H14N2. The SMILES string of the molecule is C=CCc1ccc(Cn2ccnc2)cc1. The van der Waals surface area contributed by atoms with Crippen LogP contribution >= 0.6 is 0 Å². The van der Waals surface area contributed by atoms with Crippen LogP contribution in [0.15, 0.2) is 55.6 Å². The van der Waals surface area contributed by atoms with Crippen LogP contribution in [0, 0.1) is 0 Å². The van der Waals surface area contributed by atoms with Crippen LogP contribution < -0.4 is 0 Å². The fraction of sp³-hybridized carbons (Fsp3) is 0.154. The normalized spacial score (nSPS) is 10.1. The van der Waals surface area contributed by atoms with E-state index in [9.17, 15) is 0 Å². The van der Waals surface area contributed by atoms with Crippen LogP contribution in [0.4, 0.5) is 0 Å². The Labute approximate surface area is 89.9 Å². The fourth-order valence-electron chi connectivity index (χ4n) is 1.54. The molecular weight excluding hydrogens is 184 g/mol. The van der Waals surface area contributed by atoms with Crippen LogP contribution in [-0.4, -0.2) is 9.55 Å². The molecule has 0 fully saturated rings. The number of imidazole rings is 1. The van der Waals surface area contributed by atoms with Gasteiger partial charge in [0.05, 0.1) is 6.33 Å². The van der Waals surface area contributed by atoms with Crippen molar-refractivity contribution < 1.29 is 0 Å². The molecule has 0 saturated carbocycles. The van der Waals surface area contributed by atoms with E-state index in [0.29, 0.717) is 0 Å². The van der Waals surface area contributed by atoms with Crippen molar-refractivity contribution in [1.29, 1.82) is 0 Å². The predicted molar refractivity (Wildman–Crippen MR) is 61.7 cm³/mol. The van der Waals surface area contributed by atoms with Gasteiger partial charge in [-0.25, -0.2) is 4.98 Å². The van der Waals surface area contributed by atoms with Crippen molar-refractivity contribution in [2.45, 2.75) is 13.0 Å². The summed E-state index contributed by atoms with van der Waals surface area (Å²) in [6, 6.07) is 8.60. The Morgan fingerprint density at radius 2 is 1.93 bits per heavy atom. The van der Waals surface area contributed by atoms with Gasteiger partial charge in [0, 0.05) is 18.9 Å². The summed E-state index contributed by atoms with van der Waals surface area (Å²) in [5.74, 6) is 0. The average Bonchev–Trinajstić information content (AvgIpc) is 2.74. The van der Waals surface area contributed by atoms with Crippen LogP contribution in [-0.2, 0) is 13.0 Å². The third kappa shape index (κ3) is 2.56. The lowest BCUT2D eigenvalue weighted by atomic mass is 10.1. The van der Waals surface area contributed by atoms with E-state index in [1.165, 1.54) is 11.1 Å². The van der Waals surface area contributed by atoms with Crippen molar-refractivity contribution in [2.75, 3.05) is 0 Å². The molecule has 2 heteroatoms. The topological polar surface area (TPSA) is 17.8 Å². The van der Waals surface area contributed by atoms with Gasteiger partial charge in [-0.15, -0.1) is 6.58 Å². The summed E-state index contributed by atoms with van der Waals surface area (Å²) in [6.07, 6.45) is 8.46. The van der Waals surface area contributed by atoms with Gasteiger partial charge in [-0.3, -0.25) is 0 Å². The Morgan fingerprint density at radius 3 is 2.53 bits per heavy atom. The summed E-state index contributed by atoms with van der Waals surface area (Å²) in [5, 5.41) is 0. The van der Waals surface area contributed by atoms with E-state index < -0.39 is 0 Å². The lowest BCUT2D eigenvalue weighted by Crippen LogP contribution is -1.96. The molecule has 0 radical (unpaired) electrons. The largest absolute Gasteiger partial charge is 0.333 e. The van der Waals surface area contributed by atoms with Crippen LogP contribution in [0.1, 0.15) is 11.1 Å². The molecule has 0 aliphatic rings. The van der Waals surface area contributed by atoms with Gasteiger partial charge in [0.25, 0.3) is 0 Å². The van der Waals surface area contributed by atoms with E-state index in [-0.39, 0.29) is 0 Å². The molecule has 0 bridgehead atoms. The number of allylic oxidation sites excluding steroid dienone is 1. The van der Waals surface area contributed by atoms with Crippen molar-refractivity contribution in [3.63, 3.8) is 0 Å². The molecule has 0 saturated heterocycles. The summed E-state index contributed by atoms with van der Waals surface area (Å²) >= 11 is 0. The first-order valence-corrected chi connectivity index (χ1v) is 5.03. The summed E-state index contributed by atoms with van der Waals surface area (Å²) in [4.78, 5) is 4.02. The van der Waals surface area contributed by atoms with Crippen molar-refractivity contribution in [3.8, 4) is 0 Å². The number of aromatic nitrogens is 2. The van der Waals surface area contributed by atoms with Gasteiger partial charge in [0.15, 0.2) is 0 Å². The Kier molecular flexibility index (Phi) is 2.98. The highest BCUT2D eigenvalue weighted by atomic mass is 15.0. The second kappa shape index (κ2) is 4.60. The Balaban J connectivity index is 2.07. The first-order chi connectivity index (χ1) is 7.38. The molecule has 2 aromatic rings. The first kappa shape index (κ1) is 9.71.